The Labute approximate surface area is 125 Å². The minimum atomic E-state index is -3.37. The molecule has 0 spiro atoms. The maximum absolute atomic E-state index is 11.9. The molecule has 0 atom stereocenters. The number of sulfonamides is 1. The fourth-order valence-corrected chi connectivity index (χ4v) is 3.14. The van der Waals surface area contributed by atoms with Crippen molar-refractivity contribution in [2.75, 3.05) is 31.7 Å². The average molecular weight is 314 g/mol. The van der Waals surface area contributed by atoms with Gasteiger partial charge >= 0.3 is 0 Å². The van der Waals surface area contributed by atoms with Crippen molar-refractivity contribution in [2.24, 2.45) is 0 Å². The van der Waals surface area contributed by atoms with Gasteiger partial charge < -0.3 is 15.2 Å². The standard InChI is InChI=1S/C14H22N2O4S/c1-19-14(6-3-7-14)11-16-21(17,18)9-8-20-13-5-2-4-12(15)10-13/h2,4-5,10,16H,3,6-9,11,15H2,1H3. The van der Waals surface area contributed by atoms with Crippen LogP contribution in [0.3, 0.4) is 0 Å². The van der Waals surface area contributed by atoms with Gasteiger partial charge in [-0.05, 0) is 31.4 Å². The number of nitrogens with one attached hydrogen (secondary N) is 1. The molecule has 0 radical (unpaired) electrons. The summed E-state index contributed by atoms with van der Waals surface area (Å²) in [6.45, 7) is 0.406. The van der Waals surface area contributed by atoms with Gasteiger partial charge in [-0.1, -0.05) is 6.07 Å². The largest absolute Gasteiger partial charge is 0.492 e. The van der Waals surface area contributed by atoms with Crippen molar-refractivity contribution in [3.8, 4) is 5.75 Å². The molecular weight excluding hydrogens is 292 g/mol. The van der Waals surface area contributed by atoms with Crippen LogP contribution in [0, 0.1) is 0 Å². The van der Waals surface area contributed by atoms with Crippen LogP contribution >= 0.6 is 0 Å². The summed E-state index contributed by atoms with van der Waals surface area (Å²) in [4.78, 5) is 0. The first-order valence-corrected chi connectivity index (χ1v) is 8.61. The molecule has 0 amide bonds. The van der Waals surface area contributed by atoms with E-state index < -0.39 is 10.0 Å². The van der Waals surface area contributed by atoms with Gasteiger partial charge in [-0.25, -0.2) is 13.1 Å². The Balaban J connectivity index is 1.76. The Morgan fingerprint density at radius 1 is 1.38 bits per heavy atom. The van der Waals surface area contributed by atoms with Crippen molar-refractivity contribution in [1.29, 1.82) is 0 Å². The Morgan fingerprint density at radius 3 is 2.71 bits per heavy atom. The molecule has 1 saturated carbocycles. The molecule has 1 fully saturated rings. The fraction of sp³-hybridized carbons (Fsp3) is 0.571. The lowest BCUT2D eigenvalue weighted by Gasteiger charge is -2.40. The van der Waals surface area contributed by atoms with E-state index in [1.807, 2.05) is 0 Å². The number of nitrogen functional groups attached to an aromatic ring is 1. The molecule has 2 rings (SSSR count). The SMILES string of the molecule is COC1(CNS(=O)(=O)CCOc2cccc(N)c2)CCC1. The molecule has 6 nitrogen and oxygen atoms in total. The van der Waals surface area contributed by atoms with E-state index in [1.54, 1.807) is 31.4 Å². The smallest absolute Gasteiger partial charge is 0.215 e. The van der Waals surface area contributed by atoms with E-state index in [4.69, 9.17) is 15.2 Å². The van der Waals surface area contributed by atoms with Crippen LogP contribution in [0.25, 0.3) is 0 Å². The zero-order valence-electron chi connectivity index (χ0n) is 12.2. The molecule has 7 heteroatoms. The van der Waals surface area contributed by atoms with E-state index >= 15 is 0 Å². The van der Waals surface area contributed by atoms with Gasteiger partial charge in [0.25, 0.3) is 0 Å². The normalized spacial score (nSPS) is 17.2. The number of hydrogen-bond donors (Lipinski definition) is 2. The first-order valence-electron chi connectivity index (χ1n) is 6.96. The third-order valence-corrected chi connectivity index (χ3v) is 5.08. The summed E-state index contributed by atoms with van der Waals surface area (Å²) in [6, 6.07) is 6.91. The monoisotopic (exact) mass is 314 g/mol. The summed E-state index contributed by atoms with van der Waals surface area (Å²) in [5, 5.41) is 0. The summed E-state index contributed by atoms with van der Waals surface area (Å²) in [6.07, 6.45) is 2.87. The van der Waals surface area contributed by atoms with Gasteiger partial charge in [0.2, 0.25) is 10.0 Å². The van der Waals surface area contributed by atoms with Crippen molar-refractivity contribution < 1.29 is 17.9 Å². The zero-order chi connectivity index (χ0) is 15.3. The van der Waals surface area contributed by atoms with E-state index in [0.717, 1.165) is 19.3 Å². The van der Waals surface area contributed by atoms with Crippen LogP contribution in [0.5, 0.6) is 5.75 Å². The van der Waals surface area contributed by atoms with Crippen molar-refractivity contribution in [3.05, 3.63) is 24.3 Å². The first kappa shape index (κ1) is 16.1. The maximum Gasteiger partial charge on any atom is 0.215 e. The molecule has 0 saturated heterocycles. The number of nitrogens with two attached hydrogens (primary N) is 1. The topological polar surface area (TPSA) is 90.6 Å². The van der Waals surface area contributed by atoms with E-state index in [0.29, 0.717) is 18.0 Å². The lowest BCUT2D eigenvalue weighted by Crippen LogP contribution is -2.49. The van der Waals surface area contributed by atoms with Gasteiger partial charge in [-0.3, -0.25) is 0 Å². The van der Waals surface area contributed by atoms with Gasteiger partial charge in [-0.2, -0.15) is 0 Å². The molecule has 0 unspecified atom stereocenters. The molecule has 0 heterocycles. The van der Waals surface area contributed by atoms with Gasteiger partial charge in [0, 0.05) is 25.4 Å². The number of methoxy groups -OCH3 is 1. The van der Waals surface area contributed by atoms with Gasteiger partial charge in [0.05, 0.1) is 11.4 Å². The van der Waals surface area contributed by atoms with E-state index in [-0.39, 0.29) is 18.0 Å². The second kappa shape index (κ2) is 6.64. The van der Waals surface area contributed by atoms with Crippen LogP contribution in [0.15, 0.2) is 24.3 Å². The van der Waals surface area contributed by atoms with Crippen molar-refractivity contribution in [3.63, 3.8) is 0 Å². The van der Waals surface area contributed by atoms with Crippen LogP contribution in [0.4, 0.5) is 5.69 Å². The Bertz CT molecular complexity index is 565. The summed E-state index contributed by atoms with van der Waals surface area (Å²) in [5.74, 6) is 0.472. The van der Waals surface area contributed by atoms with Crippen molar-refractivity contribution in [2.45, 2.75) is 24.9 Å². The molecule has 118 valence electrons. The van der Waals surface area contributed by atoms with Crippen molar-refractivity contribution >= 4 is 15.7 Å². The quantitative estimate of drug-likeness (QED) is 0.702. The summed E-state index contributed by atoms with van der Waals surface area (Å²) in [5.41, 5.74) is 5.89. The van der Waals surface area contributed by atoms with Crippen LogP contribution in [0.1, 0.15) is 19.3 Å². The molecule has 1 aliphatic rings. The number of ether oxygens (including phenoxy) is 2. The fourth-order valence-electron chi connectivity index (χ4n) is 2.21. The highest BCUT2D eigenvalue weighted by molar-refractivity contribution is 7.89. The third kappa shape index (κ3) is 4.59. The lowest BCUT2D eigenvalue weighted by molar-refractivity contribution is -0.0659. The number of benzene rings is 1. The zero-order valence-corrected chi connectivity index (χ0v) is 13.0. The molecule has 0 bridgehead atoms. The molecule has 1 aromatic carbocycles. The van der Waals surface area contributed by atoms with Gasteiger partial charge in [0.1, 0.15) is 12.4 Å². The van der Waals surface area contributed by atoms with E-state index in [9.17, 15) is 8.42 Å². The molecule has 1 aromatic rings. The first-order chi connectivity index (χ1) is 9.95. The summed E-state index contributed by atoms with van der Waals surface area (Å²) >= 11 is 0. The Morgan fingerprint density at radius 2 is 2.14 bits per heavy atom. The van der Waals surface area contributed by atoms with E-state index in [2.05, 4.69) is 4.72 Å². The molecule has 0 aromatic heterocycles. The van der Waals surface area contributed by atoms with Crippen LogP contribution < -0.4 is 15.2 Å². The Kier molecular flexibility index (Phi) is 5.08. The molecule has 1 aliphatic carbocycles. The van der Waals surface area contributed by atoms with Crippen LogP contribution in [-0.4, -0.2) is 40.0 Å². The highest BCUT2D eigenvalue weighted by Crippen LogP contribution is 2.34. The predicted octanol–water partition coefficient (Wildman–Crippen LogP) is 1.14. The van der Waals surface area contributed by atoms with E-state index in [1.165, 1.54) is 0 Å². The predicted molar refractivity (Wildman–Crippen MR) is 81.7 cm³/mol. The molecule has 3 N–H and O–H groups in total. The van der Waals surface area contributed by atoms with Gasteiger partial charge in [-0.15, -0.1) is 0 Å². The highest BCUT2D eigenvalue weighted by Gasteiger charge is 2.37. The summed E-state index contributed by atoms with van der Waals surface area (Å²) < 4.78 is 37.2. The summed E-state index contributed by atoms with van der Waals surface area (Å²) in [7, 11) is -1.75. The number of hydrogen-bond acceptors (Lipinski definition) is 5. The number of anilines is 1. The minimum absolute atomic E-state index is 0.0821. The average Bonchev–Trinajstić information content (AvgIpc) is 2.38. The molecular formula is C14H22N2O4S. The maximum atomic E-state index is 11.9. The second-order valence-electron chi connectivity index (χ2n) is 5.30. The highest BCUT2D eigenvalue weighted by atomic mass is 32.2. The minimum Gasteiger partial charge on any atom is -0.492 e. The molecule has 0 aliphatic heterocycles. The van der Waals surface area contributed by atoms with Crippen molar-refractivity contribution in [1.82, 2.24) is 4.72 Å². The molecule has 21 heavy (non-hydrogen) atoms. The van der Waals surface area contributed by atoms with Crippen LogP contribution in [0.2, 0.25) is 0 Å². The second-order valence-corrected chi connectivity index (χ2v) is 7.23. The Hall–Kier alpha value is -1.31. The lowest BCUT2D eigenvalue weighted by atomic mass is 9.80. The number of rotatable bonds is 8. The van der Waals surface area contributed by atoms with Crippen LogP contribution in [-0.2, 0) is 14.8 Å². The third-order valence-electron chi connectivity index (χ3n) is 3.79. The van der Waals surface area contributed by atoms with Gasteiger partial charge in [0.15, 0.2) is 0 Å².